The van der Waals surface area contributed by atoms with Crippen molar-refractivity contribution in [1.29, 1.82) is 0 Å². The lowest BCUT2D eigenvalue weighted by Crippen LogP contribution is -2.20. The molecule has 0 bridgehead atoms. The van der Waals surface area contributed by atoms with Crippen LogP contribution in [0.3, 0.4) is 0 Å². The normalized spacial score (nSPS) is 13.5. The van der Waals surface area contributed by atoms with Crippen LogP contribution in [-0.2, 0) is 12.6 Å². The molecule has 0 aliphatic carbocycles. The van der Waals surface area contributed by atoms with Gasteiger partial charge >= 0.3 is 6.18 Å². The summed E-state index contributed by atoms with van der Waals surface area (Å²) in [6.45, 7) is 1.69. The number of rotatable bonds is 3. The molecule has 0 amide bonds. The molecule has 1 aromatic carbocycles. The van der Waals surface area contributed by atoms with Gasteiger partial charge in [0, 0.05) is 17.8 Å². The molecule has 1 aromatic heterocycles. The van der Waals surface area contributed by atoms with Gasteiger partial charge in [-0.3, -0.25) is 0 Å². The predicted molar refractivity (Wildman–Crippen MR) is 65.9 cm³/mol. The topological polar surface area (TPSA) is 43.8 Å². The van der Waals surface area contributed by atoms with Crippen LogP contribution in [0.5, 0.6) is 0 Å². The quantitative estimate of drug-likeness (QED) is 0.882. The molecular formula is C13H13F4N3. The van der Waals surface area contributed by atoms with E-state index in [0.29, 0.717) is 0 Å². The van der Waals surface area contributed by atoms with E-state index in [2.05, 4.69) is 5.10 Å². The van der Waals surface area contributed by atoms with Crippen LogP contribution >= 0.6 is 0 Å². The van der Waals surface area contributed by atoms with Gasteiger partial charge in [0.15, 0.2) is 5.69 Å². The fourth-order valence-electron chi connectivity index (χ4n) is 1.90. The molecule has 1 atom stereocenters. The molecule has 0 saturated carbocycles. The van der Waals surface area contributed by atoms with Crippen molar-refractivity contribution in [2.24, 2.45) is 5.73 Å². The number of halogens is 4. The molecule has 20 heavy (non-hydrogen) atoms. The largest absolute Gasteiger partial charge is 0.435 e. The molecular weight excluding hydrogens is 274 g/mol. The maximum Gasteiger partial charge on any atom is 0.435 e. The summed E-state index contributed by atoms with van der Waals surface area (Å²) in [5.41, 5.74) is 5.13. The minimum absolute atomic E-state index is 0.212. The molecule has 0 radical (unpaired) electrons. The van der Waals surface area contributed by atoms with Crippen molar-refractivity contribution in [3.63, 3.8) is 0 Å². The fourth-order valence-corrected chi connectivity index (χ4v) is 1.90. The van der Waals surface area contributed by atoms with Gasteiger partial charge < -0.3 is 5.73 Å². The van der Waals surface area contributed by atoms with Gasteiger partial charge in [-0.2, -0.15) is 18.3 Å². The summed E-state index contributed by atoms with van der Waals surface area (Å²) in [6.07, 6.45) is -3.16. The number of aromatic nitrogens is 2. The summed E-state index contributed by atoms with van der Waals surface area (Å²) in [6, 6.07) is 4.71. The minimum Gasteiger partial charge on any atom is -0.328 e. The molecule has 3 nitrogen and oxygen atoms in total. The first-order chi connectivity index (χ1) is 9.29. The van der Waals surface area contributed by atoms with Crippen LogP contribution in [0.1, 0.15) is 18.2 Å². The first-order valence-electron chi connectivity index (χ1n) is 5.95. The second-order valence-corrected chi connectivity index (χ2v) is 4.56. The van der Waals surface area contributed by atoms with Gasteiger partial charge in [-0.15, -0.1) is 0 Å². The summed E-state index contributed by atoms with van der Waals surface area (Å²) in [7, 11) is 0. The number of benzene rings is 1. The summed E-state index contributed by atoms with van der Waals surface area (Å²) in [4.78, 5) is 0. The zero-order valence-corrected chi connectivity index (χ0v) is 10.7. The SMILES string of the molecule is CC(N)Cc1c(F)cccc1-n1ccc(C(F)(F)F)n1. The van der Waals surface area contributed by atoms with Crippen LogP contribution < -0.4 is 5.73 Å². The van der Waals surface area contributed by atoms with Crippen LogP contribution in [0, 0.1) is 5.82 Å². The highest BCUT2D eigenvalue weighted by Crippen LogP contribution is 2.28. The van der Waals surface area contributed by atoms with Gasteiger partial charge in [-0.25, -0.2) is 9.07 Å². The molecule has 1 heterocycles. The number of nitrogens with two attached hydrogens (primary N) is 1. The van der Waals surface area contributed by atoms with E-state index in [1.807, 2.05) is 0 Å². The Hall–Kier alpha value is -1.89. The van der Waals surface area contributed by atoms with Gasteiger partial charge in [-0.05, 0) is 31.5 Å². The Balaban J connectivity index is 2.47. The summed E-state index contributed by atoms with van der Waals surface area (Å²) < 4.78 is 52.4. The van der Waals surface area contributed by atoms with Crippen molar-refractivity contribution in [1.82, 2.24) is 9.78 Å². The molecule has 0 aliphatic rings. The van der Waals surface area contributed by atoms with Gasteiger partial charge in [0.1, 0.15) is 5.82 Å². The standard InChI is InChI=1S/C13H13F4N3/c1-8(18)7-9-10(14)3-2-4-11(9)20-6-5-12(19-20)13(15,16)17/h2-6,8H,7,18H2,1H3. The van der Waals surface area contributed by atoms with E-state index in [4.69, 9.17) is 5.73 Å². The van der Waals surface area contributed by atoms with Crippen molar-refractivity contribution < 1.29 is 17.6 Å². The number of nitrogens with zero attached hydrogens (tertiary/aromatic N) is 2. The Morgan fingerprint density at radius 3 is 2.55 bits per heavy atom. The van der Waals surface area contributed by atoms with Gasteiger partial charge in [0.25, 0.3) is 0 Å². The van der Waals surface area contributed by atoms with Crippen molar-refractivity contribution in [3.8, 4) is 5.69 Å². The Bertz CT molecular complexity index is 602. The number of hydrogen-bond acceptors (Lipinski definition) is 2. The van der Waals surface area contributed by atoms with E-state index in [1.165, 1.54) is 18.2 Å². The summed E-state index contributed by atoms with van der Waals surface area (Å²) >= 11 is 0. The number of hydrogen-bond donors (Lipinski definition) is 1. The van der Waals surface area contributed by atoms with Crippen LogP contribution in [0.4, 0.5) is 17.6 Å². The minimum atomic E-state index is -4.53. The third kappa shape index (κ3) is 2.98. The van der Waals surface area contributed by atoms with Crippen molar-refractivity contribution in [2.45, 2.75) is 25.6 Å². The van der Waals surface area contributed by atoms with Crippen molar-refractivity contribution >= 4 is 0 Å². The first-order valence-corrected chi connectivity index (χ1v) is 5.95. The van der Waals surface area contributed by atoms with Crippen LogP contribution in [0.2, 0.25) is 0 Å². The van der Waals surface area contributed by atoms with E-state index in [1.54, 1.807) is 6.92 Å². The predicted octanol–water partition coefficient (Wildman–Crippen LogP) is 2.92. The molecule has 2 aromatic rings. The molecule has 0 aliphatic heterocycles. The molecule has 1 unspecified atom stereocenters. The van der Waals surface area contributed by atoms with Gasteiger partial charge in [0.05, 0.1) is 5.69 Å². The highest BCUT2D eigenvalue weighted by atomic mass is 19.4. The van der Waals surface area contributed by atoms with E-state index in [9.17, 15) is 17.6 Å². The molecule has 0 spiro atoms. The molecule has 0 fully saturated rings. The van der Waals surface area contributed by atoms with E-state index >= 15 is 0 Å². The lowest BCUT2D eigenvalue weighted by molar-refractivity contribution is -0.141. The average Bonchev–Trinajstić information content (AvgIpc) is 2.80. The average molecular weight is 287 g/mol. The Kier molecular flexibility index (Phi) is 3.80. The second kappa shape index (κ2) is 5.24. The maximum absolute atomic E-state index is 13.8. The van der Waals surface area contributed by atoms with Crippen molar-refractivity contribution in [2.75, 3.05) is 0 Å². The zero-order chi connectivity index (χ0) is 14.9. The van der Waals surface area contributed by atoms with Crippen LogP contribution in [0.15, 0.2) is 30.5 Å². The molecule has 7 heteroatoms. The monoisotopic (exact) mass is 287 g/mol. The Labute approximate surface area is 113 Å². The van der Waals surface area contributed by atoms with Crippen LogP contribution in [-0.4, -0.2) is 15.8 Å². The fraction of sp³-hybridized carbons (Fsp3) is 0.308. The van der Waals surface area contributed by atoms with E-state index < -0.39 is 17.7 Å². The van der Waals surface area contributed by atoms with E-state index in [0.717, 1.165) is 16.9 Å². The van der Waals surface area contributed by atoms with Gasteiger partial charge in [0.2, 0.25) is 0 Å². The van der Waals surface area contributed by atoms with Crippen LogP contribution in [0.25, 0.3) is 5.69 Å². The lowest BCUT2D eigenvalue weighted by Gasteiger charge is -2.12. The second-order valence-electron chi connectivity index (χ2n) is 4.56. The van der Waals surface area contributed by atoms with E-state index in [-0.39, 0.29) is 23.7 Å². The number of alkyl halides is 3. The Morgan fingerprint density at radius 1 is 1.30 bits per heavy atom. The third-order valence-corrected chi connectivity index (χ3v) is 2.75. The maximum atomic E-state index is 13.8. The molecule has 2 rings (SSSR count). The summed E-state index contributed by atoms with van der Waals surface area (Å²) in [5, 5.41) is 3.44. The molecule has 108 valence electrons. The highest BCUT2D eigenvalue weighted by Gasteiger charge is 2.33. The smallest absolute Gasteiger partial charge is 0.328 e. The lowest BCUT2D eigenvalue weighted by atomic mass is 10.0. The van der Waals surface area contributed by atoms with Crippen molar-refractivity contribution in [3.05, 3.63) is 47.5 Å². The molecule has 0 saturated heterocycles. The Morgan fingerprint density at radius 2 is 2.00 bits per heavy atom. The zero-order valence-electron chi connectivity index (χ0n) is 10.7. The first kappa shape index (κ1) is 14.5. The highest BCUT2D eigenvalue weighted by molar-refractivity contribution is 5.42. The van der Waals surface area contributed by atoms with Gasteiger partial charge in [-0.1, -0.05) is 6.07 Å². The summed E-state index contributed by atoms with van der Waals surface area (Å²) in [5.74, 6) is -0.510. The molecule has 2 N–H and O–H groups in total. The third-order valence-electron chi connectivity index (χ3n) is 2.75.